The number of benzene rings is 1. The molecule has 1 unspecified atom stereocenters. The van der Waals surface area contributed by atoms with Crippen molar-refractivity contribution in [2.75, 3.05) is 42.9 Å². The number of sulfonamides is 1. The van der Waals surface area contributed by atoms with Crippen molar-refractivity contribution in [2.45, 2.75) is 24.0 Å². The van der Waals surface area contributed by atoms with Gasteiger partial charge in [0, 0.05) is 38.6 Å². The number of amides is 2. The third kappa shape index (κ3) is 4.63. The predicted molar refractivity (Wildman–Crippen MR) is 116 cm³/mol. The Hall–Kier alpha value is -3.03. The summed E-state index contributed by atoms with van der Waals surface area (Å²) in [7, 11) is -3.71. The minimum Gasteiger partial charge on any atom is -0.323 e. The normalized spacial score (nSPS) is 18.8. The van der Waals surface area contributed by atoms with Gasteiger partial charge in [-0.2, -0.15) is 17.5 Å². The van der Waals surface area contributed by atoms with Crippen molar-refractivity contribution in [3.05, 3.63) is 48.3 Å². The number of hydrogen-bond acceptors (Lipinski definition) is 6. The molecule has 0 bridgehead atoms. The molecule has 4 rings (SSSR count). The van der Waals surface area contributed by atoms with Crippen LogP contribution in [0, 0.1) is 0 Å². The van der Waals surface area contributed by atoms with Gasteiger partial charge in [-0.1, -0.05) is 0 Å². The van der Waals surface area contributed by atoms with E-state index in [-0.39, 0.29) is 49.0 Å². The molecule has 1 atom stereocenters. The number of carbonyl (C=O) groups excluding carboxylic acids is 2. The molecule has 3 heterocycles. The van der Waals surface area contributed by atoms with Gasteiger partial charge in [0.05, 0.1) is 23.0 Å². The summed E-state index contributed by atoms with van der Waals surface area (Å²) in [4.78, 5) is 32.2. The Labute approximate surface area is 194 Å². The lowest BCUT2D eigenvalue weighted by Gasteiger charge is -2.39. The maximum atomic E-state index is 13.2. The smallest absolute Gasteiger partial charge is 0.323 e. The summed E-state index contributed by atoms with van der Waals surface area (Å²) in [6.45, 7) is 2.15. The largest absolute Gasteiger partial charge is 0.416 e. The minimum atomic E-state index is -4.59. The van der Waals surface area contributed by atoms with Gasteiger partial charge < -0.3 is 5.32 Å². The highest BCUT2D eigenvalue weighted by atomic mass is 32.2. The SMILES string of the molecule is CC(C(=O)N1CC(=O)Nc2cc(C(F)(F)F)ccc21)N1CCN(S(=O)(=O)c2cccnc2)CC1. The second-order valence-electron chi connectivity index (χ2n) is 8.01. The Kier molecular flexibility index (Phi) is 6.36. The molecule has 1 aromatic heterocycles. The molecule has 1 aromatic carbocycles. The topological polar surface area (TPSA) is 103 Å². The Bertz CT molecular complexity index is 1200. The van der Waals surface area contributed by atoms with Gasteiger partial charge in [-0.3, -0.25) is 24.4 Å². The van der Waals surface area contributed by atoms with Crippen molar-refractivity contribution < 1.29 is 31.2 Å². The molecule has 13 heteroatoms. The number of carbonyl (C=O) groups is 2. The highest BCUT2D eigenvalue weighted by Crippen LogP contribution is 2.37. The van der Waals surface area contributed by atoms with Crippen molar-refractivity contribution in [1.82, 2.24) is 14.2 Å². The number of alkyl halides is 3. The summed E-state index contributed by atoms with van der Waals surface area (Å²) < 4.78 is 66.1. The van der Waals surface area contributed by atoms with Crippen LogP contribution in [-0.2, 0) is 25.8 Å². The van der Waals surface area contributed by atoms with Crippen molar-refractivity contribution in [1.29, 1.82) is 0 Å². The van der Waals surface area contributed by atoms with E-state index in [2.05, 4.69) is 10.3 Å². The first-order valence-electron chi connectivity index (χ1n) is 10.4. The van der Waals surface area contributed by atoms with Crippen LogP contribution in [0.5, 0.6) is 0 Å². The number of anilines is 2. The highest BCUT2D eigenvalue weighted by Gasteiger charge is 2.37. The summed E-state index contributed by atoms with van der Waals surface area (Å²) in [6, 6.07) is 5.12. The zero-order valence-electron chi connectivity index (χ0n) is 18.1. The molecule has 1 saturated heterocycles. The number of piperazine rings is 1. The van der Waals surface area contributed by atoms with Crippen molar-refractivity contribution >= 4 is 33.2 Å². The van der Waals surface area contributed by atoms with E-state index in [1.807, 2.05) is 0 Å². The number of pyridine rings is 1. The molecule has 2 aromatic rings. The summed E-state index contributed by atoms with van der Waals surface area (Å²) in [6.07, 6.45) is -1.83. The first kappa shape index (κ1) is 24.1. The summed E-state index contributed by atoms with van der Waals surface area (Å²) >= 11 is 0. The van der Waals surface area contributed by atoms with Crippen LogP contribution in [0.15, 0.2) is 47.6 Å². The number of fused-ring (bicyclic) bond motifs is 1. The first-order valence-corrected chi connectivity index (χ1v) is 11.9. The maximum Gasteiger partial charge on any atom is 0.416 e. The summed E-state index contributed by atoms with van der Waals surface area (Å²) in [5.41, 5.74) is -0.832. The van der Waals surface area contributed by atoms with Gasteiger partial charge in [0.2, 0.25) is 21.8 Å². The van der Waals surface area contributed by atoms with Gasteiger partial charge in [-0.15, -0.1) is 0 Å². The van der Waals surface area contributed by atoms with E-state index in [1.165, 1.54) is 34.9 Å². The lowest BCUT2D eigenvalue weighted by molar-refractivity contribution is -0.137. The first-order chi connectivity index (χ1) is 16.0. The van der Waals surface area contributed by atoms with Crippen LogP contribution in [0.2, 0.25) is 0 Å². The molecule has 0 spiro atoms. The molecule has 1 N–H and O–H groups in total. The molecular formula is C21H22F3N5O4S. The van der Waals surface area contributed by atoms with Gasteiger partial charge in [0.15, 0.2) is 0 Å². The predicted octanol–water partition coefficient (Wildman–Crippen LogP) is 1.78. The lowest BCUT2D eigenvalue weighted by atomic mass is 10.1. The Balaban J connectivity index is 1.47. The van der Waals surface area contributed by atoms with Crippen LogP contribution in [0.3, 0.4) is 0 Å². The third-order valence-corrected chi connectivity index (χ3v) is 7.79. The van der Waals surface area contributed by atoms with Crippen LogP contribution in [0.25, 0.3) is 0 Å². The van der Waals surface area contributed by atoms with Gasteiger partial charge >= 0.3 is 6.18 Å². The quantitative estimate of drug-likeness (QED) is 0.691. The van der Waals surface area contributed by atoms with E-state index in [0.717, 1.165) is 17.0 Å². The zero-order chi connectivity index (χ0) is 24.7. The summed E-state index contributed by atoms with van der Waals surface area (Å²) in [5, 5.41) is 2.39. The highest BCUT2D eigenvalue weighted by molar-refractivity contribution is 7.89. The molecule has 9 nitrogen and oxygen atoms in total. The van der Waals surface area contributed by atoms with E-state index in [4.69, 9.17) is 0 Å². The number of aromatic nitrogens is 1. The molecule has 0 saturated carbocycles. The van der Waals surface area contributed by atoms with E-state index in [1.54, 1.807) is 11.8 Å². The van der Waals surface area contributed by atoms with E-state index < -0.39 is 39.6 Å². The molecule has 0 aliphatic carbocycles. The van der Waals surface area contributed by atoms with Gasteiger partial charge in [0.25, 0.3) is 0 Å². The molecule has 2 aliphatic rings. The standard InChI is InChI=1S/C21H22F3N5O4S/c1-14(27-7-9-28(10-8-27)34(32,33)16-3-2-6-25-12-16)20(31)29-13-19(30)26-17-11-15(21(22,23)24)4-5-18(17)29/h2-6,11-12,14H,7-10,13H2,1H3,(H,26,30). The van der Waals surface area contributed by atoms with Crippen LogP contribution < -0.4 is 10.2 Å². The fourth-order valence-corrected chi connectivity index (χ4v) is 5.41. The molecule has 2 amide bonds. The van der Waals surface area contributed by atoms with Crippen LogP contribution in [-0.4, -0.2) is 73.2 Å². The average Bonchev–Trinajstić information content (AvgIpc) is 2.82. The number of nitrogens with one attached hydrogen (secondary N) is 1. The second kappa shape index (κ2) is 8.96. The Morgan fingerprint density at radius 2 is 1.85 bits per heavy atom. The van der Waals surface area contributed by atoms with Crippen molar-refractivity contribution in [2.24, 2.45) is 0 Å². The fourth-order valence-electron chi connectivity index (χ4n) is 4.02. The molecule has 34 heavy (non-hydrogen) atoms. The van der Waals surface area contributed by atoms with Gasteiger partial charge in [-0.05, 0) is 37.3 Å². The van der Waals surface area contributed by atoms with Crippen LogP contribution in [0.1, 0.15) is 12.5 Å². The Morgan fingerprint density at radius 1 is 1.15 bits per heavy atom. The second-order valence-corrected chi connectivity index (χ2v) is 9.94. The van der Waals surface area contributed by atoms with Gasteiger partial charge in [-0.25, -0.2) is 8.42 Å². The minimum absolute atomic E-state index is 0.0843. The van der Waals surface area contributed by atoms with Gasteiger partial charge in [0.1, 0.15) is 11.4 Å². The molecular weight excluding hydrogens is 475 g/mol. The van der Waals surface area contributed by atoms with E-state index in [9.17, 15) is 31.2 Å². The molecule has 2 aliphatic heterocycles. The van der Waals surface area contributed by atoms with Crippen molar-refractivity contribution in [3.8, 4) is 0 Å². The monoisotopic (exact) mass is 497 g/mol. The summed E-state index contributed by atoms with van der Waals surface area (Å²) in [5.74, 6) is -1.06. The fraction of sp³-hybridized carbons (Fsp3) is 0.381. The third-order valence-electron chi connectivity index (χ3n) is 5.91. The van der Waals surface area contributed by atoms with Crippen LogP contribution >= 0.6 is 0 Å². The van der Waals surface area contributed by atoms with Crippen LogP contribution in [0.4, 0.5) is 24.5 Å². The number of nitrogens with zero attached hydrogens (tertiary/aromatic N) is 4. The number of halogens is 3. The Morgan fingerprint density at radius 3 is 2.47 bits per heavy atom. The number of rotatable bonds is 4. The lowest BCUT2D eigenvalue weighted by Crippen LogP contribution is -2.56. The van der Waals surface area contributed by atoms with E-state index in [0.29, 0.717) is 0 Å². The number of hydrogen-bond donors (Lipinski definition) is 1. The van der Waals surface area contributed by atoms with Crippen molar-refractivity contribution in [3.63, 3.8) is 0 Å². The zero-order valence-corrected chi connectivity index (χ0v) is 18.9. The molecule has 1 fully saturated rings. The maximum absolute atomic E-state index is 13.2. The average molecular weight is 497 g/mol. The molecule has 0 radical (unpaired) electrons. The van der Waals surface area contributed by atoms with E-state index >= 15 is 0 Å². The molecule has 182 valence electrons.